The lowest BCUT2D eigenvalue weighted by atomic mass is 9.59. The van der Waals surface area contributed by atoms with Crippen molar-refractivity contribution in [2.75, 3.05) is 19.6 Å². The summed E-state index contributed by atoms with van der Waals surface area (Å²) in [5, 5.41) is 3.96. The Balaban J connectivity index is 1.44. The van der Waals surface area contributed by atoms with E-state index in [1.807, 2.05) is 0 Å². The van der Waals surface area contributed by atoms with Gasteiger partial charge in [0, 0.05) is 18.0 Å². The molecule has 0 radical (unpaired) electrons. The van der Waals surface area contributed by atoms with Crippen molar-refractivity contribution in [1.29, 1.82) is 0 Å². The average Bonchev–Trinajstić information content (AvgIpc) is 2.91. The first-order valence-electron chi connectivity index (χ1n) is 13.0. The van der Waals surface area contributed by atoms with Gasteiger partial charge < -0.3 is 5.32 Å². The molecule has 2 bridgehead atoms. The van der Waals surface area contributed by atoms with E-state index < -0.39 is 0 Å². The summed E-state index contributed by atoms with van der Waals surface area (Å²) < 4.78 is 0. The smallest absolute Gasteiger partial charge is 0.0352 e. The second-order valence-electron chi connectivity index (χ2n) is 10.4. The van der Waals surface area contributed by atoms with Crippen LogP contribution in [0.25, 0.3) is 0 Å². The number of piperidine rings is 4. The van der Waals surface area contributed by atoms with E-state index in [0.29, 0.717) is 23.9 Å². The van der Waals surface area contributed by atoms with Crippen molar-refractivity contribution in [3.63, 3.8) is 0 Å². The van der Waals surface area contributed by atoms with E-state index >= 15 is 0 Å². The van der Waals surface area contributed by atoms with Crippen LogP contribution >= 0.6 is 0 Å². The van der Waals surface area contributed by atoms with Crippen molar-refractivity contribution in [2.24, 2.45) is 17.8 Å². The van der Waals surface area contributed by atoms with E-state index in [2.05, 4.69) is 101 Å². The molecule has 0 spiro atoms. The first kappa shape index (κ1) is 21.1. The maximum Gasteiger partial charge on any atom is 0.0352 e. The quantitative estimate of drug-likeness (QED) is 0.507. The largest absolute Gasteiger partial charge is 0.310 e. The van der Waals surface area contributed by atoms with Gasteiger partial charge in [-0.15, -0.1) is 0 Å². The fourth-order valence-corrected chi connectivity index (χ4v) is 7.42. The number of hydrogen-bond acceptors (Lipinski definition) is 2. The summed E-state index contributed by atoms with van der Waals surface area (Å²) in [6.07, 6.45) is 5.38. The molecule has 7 rings (SSSR count). The minimum absolute atomic E-state index is 0.429. The van der Waals surface area contributed by atoms with E-state index in [4.69, 9.17) is 0 Å². The summed E-state index contributed by atoms with van der Waals surface area (Å²) in [4.78, 5) is 2.87. The lowest BCUT2D eigenvalue weighted by Crippen LogP contribution is -2.60. The van der Waals surface area contributed by atoms with Gasteiger partial charge in [0.25, 0.3) is 0 Å². The Kier molecular flexibility index (Phi) is 6.05. The van der Waals surface area contributed by atoms with Crippen LogP contribution in [0.15, 0.2) is 91.0 Å². The Bertz CT molecular complexity index is 971. The minimum atomic E-state index is 0.429. The first-order chi connectivity index (χ1) is 16.4. The van der Waals surface area contributed by atoms with Crippen LogP contribution in [0.1, 0.15) is 54.3 Å². The van der Waals surface area contributed by atoms with Crippen molar-refractivity contribution in [2.45, 2.75) is 43.7 Å². The summed E-state index contributed by atoms with van der Waals surface area (Å²) in [7, 11) is 0. The van der Waals surface area contributed by atoms with Crippen molar-refractivity contribution < 1.29 is 0 Å². The third-order valence-corrected chi connectivity index (χ3v) is 8.75. The van der Waals surface area contributed by atoms with E-state index in [-0.39, 0.29) is 0 Å². The van der Waals surface area contributed by atoms with Crippen molar-refractivity contribution in [1.82, 2.24) is 10.2 Å². The van der Waals surface area contributed by atoms with Crippen LogP contribution in [-0.4, -0.2) is 30.6 Å². The number of nitrogens with one attached hydrogen (secondary N) is 1. The van der Waals surface area contributed by atoms with Crippen LogP contribution in [0, 0.1) is 17.8 Å². The first-order valence-corrected chi connectivity index (χ1v) is 13.0. The zero-order valence-electron chi connectivity index (χ0n) is 19.5. The number of benzene rings is 3. The number of nitrogens with zero attached hydrogens (tertiary/aromatic N) is 1. The van der Waals surface area contributed by atoms with Gasteiger partial charge in [-0.05, 0) is 79.8 Å². The summed E-state index contributed by atoms with van der Waals surface area (Å²) in [5.41, 5.74) is 4.44. The molecule has 2 heteroatoms. The Morgan fingerprint density at radius 1 is 0.697 bits per heavy atom. The normalized spacial score (nSPS) is 31.5. The number of hydrogen-bond donors (Lipinski definition) is 1. The molecule has 0 aliphatic carbocycles. The molecule has 0 saturated carbocycles. The Hall–Kier alpha value is -2.42. The highest BCUT2D eigenvalue weighted by Gasteiger charge is 2.51. The van der Waals surface area contributed by atoms with Crippen LogP contribution in [0.5, 0.6) is 0 Å². The molecule has 0 amide bonds. The Morgan fingerprint density at radius 2 is 1.27 bits per heavy atom. The monoisotopic (exact) mass is 436 g/mol. The summed E-state index contributed by atoms with van der Waals surface area (Å²) in [6.45, 7) is 3.67. The van der Waals surface area contributed by atoms with Crippen LogP contribution in [0.2, 0.25) is 0 Å². The molecule has 3 aromatic carbocycles. The van der Waals surface area contributed by atoms with Gasteiger partial charge >= 0.3 is 0 Å². The molecule has 4 aliphatic rings. The standard InChI is InChI=1S/C31H36N2/c1-4-11-23(12-5-1)28(24-13-6-2-7-14-24)31-29(25-18-21-33(31)22-19-25)27-17-10-20-32-30(27)26-15-8-3-9-16-26/h1-9,11-16,25,27-32H,10,17-22H2/t27-,29?,30?,31+/m0/s1. The second-order valence-corrected chi connectivity index (χ2v) is 10.4. The molecule has 4 saturated heterocycles. The molecule has 3 aromatic rings. The third kappa shape index (κ3) is 4.05. The Labute approximate surface area is 199 Å². The zero-order valence-corrected chi connectivity index (χ0v) is 19.5. The maximum absolute atomic E-state index is 3.96. The van der Waals surface area contributed by atoms with E-state index in [0.717, 1.165) is 18.4 Å². The summed E-state index contributed by atoms with van der Waals surface area (Å²) >= 11 is 0. The van der Waals surface area contributed by atoms with Gasteiger partial charge in [0.15, 0.2) is 0 Å². The SMILES string of the molecule is c1ccc(C2NCCC[C@H]2C2C3CCN(CC3)[C@@H]2C(c2ccccc2)c2ccccc2)cc1. The van der Waals surface area contributed by atoms with Gasteiger partial charge in [0.05, 0.1) is 0 Å². The molecule has 2 nitrogen and oxygen atoms in total. The van der Waals surface area contributed by atoms with Crippen LogP contribution in [0.4, 0.5) is 0 Å². The molecule has 1 N–H and O–H groups in total. The minimum Gasteiger partial charge on any atom is -0.310 e. The highest BCUT2D eigenvalue weighted by atomic mass is 15.2. The average molecular weight is 437 g/mol. The molecular weight excluding hydrogens is 400 g/mol. The van der Waals surface area contributed by atoms with Crippen LogP contribution < -0.4 is 5.32 Å². The topological polar surface area (TPSA) is 15.3 Å². The van der Waals surface area contributed by atoms with Crippen molar-refractivity contribution in [3.05, 3.63) is 108 Å². The molecule has 4 fully saturated rings. The fraction of sp³-hybridized carbons (Fsp3) is 0.419. The van der Waals surface area contributed by atoms with Gasteiger partial charge in [0.2, 0.25) is 0 Å². The van der Waals surface area contributed by atoms with Gasteiger partial charge in [-0.1, -0.05) is 91.0 Å². The van der Waals surface area contributed by atoms with Gasteiger partial charge in [-0.3, -0.25) is 4.90 Å². The van der Waals surface area contributed by atoms with E-state index in [1.165, 1.54) is 55.5 Å². The molecule has 33 heavy (non-hydrogen) atoms. The third-order valence-electron chi connectivity index (χ3n) is 8.75. The van der Waals surface area contributed by atoms with E-state index in [1.54, 1.807) is 0 Å². The fourth-order valence-electron chi connectivity index (χ4n) is 7.42. The van der Waals surface area contributed by atoms with Crippen molar-refractivity contribution in [3.8, 4) is 0 Å². The second kappa shape index (κ2) is 9.44. The lowest BCUT2D eigenvalue weighted by Gasteiger charge is -2.58. The molecule has 2 unspecified atom stereocenters. The van der Waals surface area contributed by atoms with Crippen molar-refractivity contribution >= 4 is 0 Å². The highest BCUT2D eigenvalue weighted by Crippen LogP contribution is 2.52. The van der Waals surface area contributed by atoms with Gasteiger partial charge in [-0.25, -0.2) is 0 Å². The molecule has 170 valence electrons. The summed E-state index contributed by atoms with van der Waals surface area (Å²) in [5.74, 6) is 2.68. The van der Waals surface area contributed by atoms with Crippen LogP contribution in [0.3, 0.4) is 0 Å². The molecule has 0 aromatic heterocycles. The predicted molar refractivity (Wildman–Crippen MR) is 136 cm³/mol. The summed E-state index contributed by atoms with van der Waals surface area (Å²) in [6, 6.07) is 35.0. The predicted octanol–water partition coefficient (Wildman–Crippen LogP) is 6.27. The van der Waals surface area contributed by atoms with Gasteiger partial charge in [0.1, 0.15) is 0 Å². The van der Waals surface area contributed by atoms with Crippen LogP contribution in [-0.2, 0) is 0 Å². The number of rotatable bonds is 5. The molecule has 4 heterocycles. The number of fused-ring (bicyclic) bond motifs is 3. The zero-order chi connectivity index (χ0) is 22.0. The highest BCUT2D eigenvalue weighted by molar-refractivity contribution is 5.36. The molecule has 4 aliphatic heterocycles. The lowest BCUT2D eigenvalue weighted by molar-refractivity contribution is -0.0585. The van der Waals surface area contributed by atoms with Gasteiger partial charge in [-0.2, -0.15) is 0 Å². The molecular formula is C31H36N2. The molecule has 4 atom stereocenters. The maximum atomic E-state index is 3.96. The van der Waals surface area contributed by atoms with E-state index in [9.17, 15) is 0 Å². The Morgan fingerprint density at radius 3 is 1.88 bits per heavy atom.